The third kappa shape index (κ3) is 3.50. The summed E-state index contributed by atoms with van der Waals surface area (Å²) in [6.45, 7) is -0.909. The van der Waals surface area contributed by atoms with Crippen LogP contribution in [0, 0.1) is 40.9 Å². The number of carbonyl (C=O) groups is 2. The van der Waals surface area contributed by atoms with Gasteiger partial charge in [0.2, 0.25) is 11.7 Å². The lowest BCUT2D eigenvalue weighted by atomic mass is 9.95. The Morgan fingerprint density at radius 2 is 1.56 bits per heavy atom. The fourth-order valence-corrected chi connectivity index (χ4v) is 3.93. The van der Waals surface area contributed by atoms with E-state index in [2.05, 4.69) is 5.32 Å². The Kier molecular flexibility index (Phi) is 5.36. The highest BCUT2D eigenvalue weighted by atomic mass is 19.2. The Hall–Kier alpha value is -2.23. The fraction of sp³-hybridized carbons (Fsp3) is 0.529. The molecule has 2 amide bonds. The van der Waals surface area contributed by atoms with Crippen LogP contribution < -0.4 is 10.6 Å². The summed E-state index contributed by atoms with van der Waals surface area (Å²) in [6, 6.07) is -1.72. The number of benzene rings is 1. The molecule has 2 aliphatic rings. The molecule has 0 radical (unpaired) electrons. The molecule has 0 aliphatic heterocycles. The predicted octanol–water partition coefficient (Wildman–Crippen LogP) is 1.78. The standard InChI is InChI=1S/C17H17F5N2O3/c18-11-10(12(19)14(21)15(22)13(11)20)17(27)24-9(5-25)16(26)23-8-4-6-1-2-7(8)3-6/h6-9,25H,1-5H2,(H,23,26)(H,24,27). The van der Waals surface area contributed by atoms with Crippen molar-refractivity contribution in [3.63, 3.8) is 0 Å². The molecule has 27 heavy (non-hydrogen) atoms. The SMILES string of the molecule is O=C(NC(CO)C(=O)NC1CC2CCC1C2)c1c(F)c(F)c(F)c(F)c1F. The lowest BCUT2D eigenvalue weighted by Gasteiger charge is -2.25. The highest BCUT2D eigenvalue weighted by molar-refractivity contribution is 5.98. The summed E-state index contributed by atoms with van der Waals surface area (Å²) in [5, 5.41) is 13.8. The zero-order valence-corrected chi connectivity index (χ0v) is 14.0. The van der Waals surface area contributed by atoms with Crippen LogP contribution in [-0.2, 0) is 4.79 Å². The molecule has 1 aromatic carbocycles. The largest absolute Gasteiger partial charge is 0.394 e. The maximum absolute atomic E-state index is 13.7. The van der Waals surface area contributed by atoms with Gasteiger partial charge >= 0.3 is 0 Å². The molecule has 3 rings (SSSR count). The minimum Gasteiger partial charge on any atom is -0.394 e. The number of nitrogens with one attached hydrogen (secondary N) is 2. The molecule has 0 spiro atoms. The van der Waals surface area contributed by atoms with E-state index in [0.717, 1.165) is 25.7 Å². The first-order chi connectivity index (χ1) is 12.7. The Morgan fingerprint density at radius 3 is 2.04 bits per heavy atom. The second-order valence-corrected chi connectivity index (χ2v) is 6.94. The van der Waals surface area contributed by atoms with Gasteiger partial charge in [-0.25, -0.2) is 22.0 Å². The van der Waals surface area contributed by atoms with Crippen molar-refractivity contribution in [1.82, 2.24) is 10.6 Å². The number of amides is 2. The van der Waals surface area contributed by atoms with E-state index in [1.54, 1.807) is 0 Å². The number of hydrogen-bond acceptors (Lipinski definition) is 3. The van der Waals surface area contributed by atoms with Crippen molar-refractivity contribution in [2.24, 2.45) is 11.8 Å². The summed E-state index contributed by atoms with van der Waals surface area (Å²) in [4.78, 5) is 24.3. The van der Waals surface area contributed by atoms with Gasteiger partial charge in [0.15, 0.2) is 23.3 Å². The van der Waals surface area contributed by atoms with Crippen LogP contribution in [0.1, 0.15) is 36.0 Å². The highest BCUT2D eigenvalue weighted by Gasteiger charge is 2.41. The molecule has 2 bridgehead atoms. The average molecular weight is 392 g/mol. The van der Waals surface area contributed by atoms with Gasteiger partial charge < -0.3 is 15.7 Å². The molecule has 2 saturated carbocycles. The van der Waals surface area contributed by atoms with Gasteiger partial charge in [-0.05, 0) is 31.1 Å². The minimum atomic E-state index is -2.39. The van der Waals surface area contributed by atoms with E-state index in [0.29, 0.717) is 11.8 Å². The molecule has 3 N–H and O–H groups in total. The summed E-state index contributed by atoms with van der Waals surface area (Å²) >= 11 is 0. The molecule has 148 valence electrons. The Labute approximate surface area is 150 Å². The van der Waals surface area contributed by atoms with Gasteiger partial charge in [-0.2, -0.15) is 0 Å². The number of carbonyl (C=O) groups excluding carboxylic acids is 2. The molecule has 4 unspecified atom stereocenters. The molecule has 5 nitrogen and oxygen atoms in total. The van der Waals surface area contributed by atoms with E-state index >= 15 is 0 Å². The number of aliphatic hydroxyl groups is 1. The fourth-order valence-electron chi connectivity index (χ4n) is 3.93. The maximum Gasteiger partial charge on any atom is 0.258 e. The summed E-state index contributed by atoms with van der Waals surface area (Å²) in [5.74, 6) is -13.2. The van der Waals surface area contributed by atoms with Gasteiger partial charge in [0.25, 0.3) is 5.91 Å². The third-order valence-electron chi connectivity index (χ3n) is 5.31. The number of halogens is 5. The number of rotatable bonds is 5. The van der Waals surface area contributed by atoms with Crippen LogP contribution in [0.15, 0.2) is 0 Å². The molecule has 0 aromatic heterocycles. The van der Waals surface area contributed by atoms with Gasteiger partial charge in [-0.15, -0.1) is 0 Å². The summed E-state index contributed by atoms with van der Waals surface area (Å²) in [6.07, 6.45) is 3.78. The molecule has 4 atom stereocenters. The van der Waals surface area contributed by atoms with Crippen LogP contribution in [-0.4, -0.2) is 35.6 Å². The van der Waals surface area contributed by atoms with E-state index in [9.17, 15) is 36.6 Å². The molecule has 2 fully saturated rings. The van der Waals surface area contributed by atoms with Gasteiger partial charge in [-0.1, -0.05) is 6.42 Å². The first-order valence-electron chi connectivity index (χ1n) is 8.48. The van der Waals surface area contributed by atoms with E-state index in [-0.39, 0.29) is 6.04 Å². The second kappa shape index (κ2) is 7.41. The van der Waals surface area contributed by atoms with Crippen molar-refractivity contribution in [3.8, 4) is 0 Å². The number of fused-ring (bicyclic) bond motifs is 2. The van der Waals surface area contributed by atoms with Crippen molar-refractivity contribution in [1.29, 1.82) is 0 Å². The smallest absolute Gasteiger partial charge is 0.258 e. The average Bonchev–Trinajstić information content (AvgIpc) is 3.25. The van der Waals surface area contributed by atoms with E-state index in [1.807, 2.05) is 5.32 Å². The van der Waals surface area contributed by atoms with Crippen LogP contribution in [0.25, 0.3) is 0 Å². The molecule has 10 heteroatoms. The lowest BCUT2D eigenvalue weighted by molar-refractivity contribution is -0.124. The van der Waals surface area contributed by atoms with E-state index < -0.39 is 59.1 Å². The topological polar surface area (TPSA) is 78.4 Å². The zero-order valence-electron chi connectivity index (χ0n) is 14.0. The van der Waals surface area contributed by atoms with Gasteiger partial charge in [-0.3, -0.25) is 9.59 Å². The van der Waals surface area contributed by atoms with Gasteiger partial charge in [0, 0.05) is 6.04 Å². The number of aliphatic hydroxyl groups excluding tert-OH is 1. The maximum atomic E-state index is 13.7. The molecule has 2 aliphatic carbocycles. The van der Waals surface area contributed by atoms with Crippen LogP contribution in [0.4, 0.5) is 22.0 Å². The first kappa shape index (κ1) is 19.5. The molecular formula is C17H17F5N2O3. The quantitative estimate of drug-likeness (QED) is 0.406. The van der Waals surface area contributed by atoms with Crippen LogP contribution in [0.2, 0.25) is 0 Å². The van der Waals surface area contributed by atoms with Crippen LogP contribution >= 0.6 is 0 Å². The van der Waals surface area contributed by atoms with Crippen molar-refractivity contribution in [2.75, 3.05) is 6.61 Å². The summed E-state index contributed by atoms with van der Waals surface area (Å²) in [5.41, 5.74) is -1.71. The lowest BCUT2D eigenvalue weighted by Crippen LogP contribution is -2.52. The van der Waals surface area contributed by atoms with E-state index in [1.165, 1.54) is 0 Å². The van der Waals surface area contributed by atoms with Crippen molar-refractivity contribution in [2.45, 2.75) is 37.8 Å². The third-order valence-corrected chi connectivity index (χ3v) is 5.31. The van der Waals surface area contributed by atoms with Crippen molar-refractivity contribution < 1.29 is 36.6 Å². The second-order valence-electron chi connectivity index (χ2n) is 6.94. The first-order valence-corrected chi connectivity index (χ1v) is 8.48. The summed E-state index contributed by atoms with van der Waals surface area (Å²) in [7, 11) is 0. The molecule has 1 aromatic rings. The summed E-state index contributed by atoms with van der Waals surface area (Å²) < 4.78 is 66.9. The Balaban J connectivity index is 1.73. The molecule has 0 heterocycles. The monoisotopic (exact) mass is 392 g/mol. The minimum absolute atomic E-state index is 0.128. The van der Waals surface area contributed by atoms with E-state index in [4.69, 9.17) is 0 Å². The normalized spacial score (nSPS) is 24.7. The van der Waals surface area contributed by atoms with Crippen molar-refractivity contribution in [3.05, 3.63) is 34.6 Å². The van der Waals surface area contributed by atoms with Crippen molar-refractivity contribution >= 4 is 11.8 Å². The van der Waals surface area contributed by atoms with Crippen LogP contribution in [0.3, 0.4) is 0 Å². The highest BCUT2D eigenvalue weighted by Crippen LogP contribution is 2.44. The molecular weight excluding hydrogens is 375 g/mol. The van der Waals surface area contributed by atoms with Gasteiger partial charge in [0.1, 0.15) is 11.6 Å². The van der Waals surface area contributed by atoms with Crippen LogP contribution in [0.5, 0.6) is 0 Å². The zero-order chi connectivity index (χ0) is 19.9. The Morgan fingerprint density at radius 1 is 0.963 bits per heavy atom. The Bertz CT molecular complexity index is 759. The predicted molar refractivity (Wildman–Crippen MR) is 82.0 cm³/mol. The number of hydrogen-bond donors (Lipinski definition) is 3. The molecule has 0 saturated heterocycles. The van der Waals surface area contributed by atoms with Gasteiger partial charge in [0.05, 0.1) is 6.61 Å².